The monoisotopic (exact) mass is 476 g/mol. The minimum absolute atomic E-state index is 0.0488. The van der Waals surface area contributed by atoms with Crippen LogP contribution in [0.25, 0.3) is 17.2 Å². The number of benzene rings is 1. The number of rotatable bonds is 7. The molecule has 1 fully saturated rings. The Morgan fingerprint density at radius 3 is 2.77 bits per heavy atom. The number of fused-ring (bicyclic) bond motifs is 1. The molecule has 0 radical (unpaired) electrons. The number of hydrogen-bond acceptors (Lipinski definition) is 7. The van der Waals surface area contributed by atoms with Crippen molar-refractivity contribution in [2.75, 3.05) is 6.73 Å². The van der Waals surface area contributed by atoms with Crippen molar-refractivity contribution < 1.29 is 13.9 Å². The van der Waals surface area contributed by atoms with Gasteiger partial charge in [0.25, 0.3) is 5.91 Å². The van der Waals surface area contributed by atoms with E-state index >= 15 is 0 Å². The maximum atomic E-state index is 13.8. The van der Waals surface area contributed by atoms with Gasteiger partial charge < -0.3 is 19.4 Å². The Bertz CT molecular complexity index is 1200. The van der Waals surface area contributed by atoms with Crippen LogP contribution in [0, 0.1) is 0 Å². The molecule has 0 saturated heterocycles. The summed E-state index contributed by atoms with van der Waals surface area (Å²) in [7, 11) is 0. The van der Waals surface area contributed by atoms with Crippen molar-refractivity contribution >= 4 is 11.6 Å². The molecule has 5 N–H and O–H groups in total. The first-order chi connectivity index (χ1) is 17.0. The number of amides is 1. The second-order valence-corrected chi connectivity index (χ2v) is 9.23. The summed E-state index contributed by atoms with van der Waals surface area (Å²) in [5.74, 6) is 1.05. The van der Waals surface area contributed by atoms with Gasteiger partial charge in [-0.3, -0.25) is 20.9 Å². The van der Waals surface area contributed by atoms with Crippen molar-refractivity contribution in [3.8, 4) is 17.2 Å². The van der Waals surface area contributed by atoms with E-state index in [4.69, 9.17) is 25.7 Å². The summed E-state index contributed by atoms with van der Waals surface area (Å²) in [5, 5.41) is 7.90. The molecule has 1 aromatic carbocycles. The van der Waals surface area contributed by atoms with Crippen LogP contribution in [0.4, 0.5) is 0 Å². The summed E-state index contributed by atoms with van der Waals surface area (Å²) in [6.07, 6.45) is 6.95. The zero-order valence-electron chi connectivity index (χ0n) is 19.8. The smallest absolute Gasteiger partial charge is 0.262 e. The SMILES string of the molecule is C=C1c2cc(-c3ccco3)nn2CC(N)(C(=O)NC2CCCCC2)N1Cc1ccccc1OCN. The number of hydrogen-bond donors (Lipinski definition) is 3. The van der Waals surface area contributed by atoms with Crippen LogP contribution < -0.4 is 21.5 Å². The fourth-order valence-electron chi connectivity index (χ4n) is 5.03. The van der Waals surface area contributed by atoms with Gasteiger partial charge in [-0.25, -0.2) is 0 Å². The molecule has 184 valence electrons. The number of nitrogens with two attached hydrogens (primary N) is 2. The molecule has 1 unspecified atom stereocenters. The summed E-state index contributed by atoms with van der Waals surface area (Å²) in [6.45, 7) is 4.88. The number of para-hydroxylation sites is 1. The number of aromatic nitrogens is 2. The molecule has 5 rings (SSSR count). The van der Waals surface area contributed by atoms with Crippen LogP contribution in [0.15, 0.2) is 59.7 Å². The van der Waals surface area contributed by atoms with Crippen LogP contribution in [-0.4, -0.2) is 39.0 Å². The highest BCUT2D eigenvalue weighted by molar-refractivity contribution is 5.88. The minimum Gasteiger partial charge on any atom is -0.478 e. The zero-order valence-corrected chi connectivity index (χ0v) is 19.8. The molecule has 3 heterocycles. The molecule has 9 heteroatoms. The van der Waals surface area contributed by atoms with Gasteiger partial charge >= 0.3 is 0 Å². The van der Waals surface area contributed by atoms with Crippen molar-refractivity contribution in [3.05, 3.63) is 66.6 Å². The Balaban J connectivity index is 1.52. The van der Waals surface area contributed by atoms with E-state index < -0.39 is 5.66 Å². The van der Waals surface area contributed by atoms with Crippen molar-refractivity contribution in [2.24, 2.45) is 11.5 Å². The van der Waals surface area contributed by atoms with E-state index in [1.165, 1.54) is 6.42 Å². The third-order valence-corrected chi connectivity index (χ3v) is 6.92. The zero-order chi connectivity index (χ0) is 24.4. The number of ether oxygens (including phenoxy) is 1. The Kier molecular flexibility index (Phi) is 6.36. The molecule has 1 aliphatic heterocycles. The van der Waals surface area contributed by atoms with E-state index in [9.17, 15) is 4.79 Å². The van der Waals surface area contributed by atoms with E-state index in [0.717, 1.165) is 36.9 Å². The highest BCUT2D eigenvalue weighted by Gasteiger charge is 2.47. The molecule has 2 aliphatic rings. The Morgan fingerprint density at radius 1 is 1.23 bits per heavy atom. The lowest BCUT2D eigenvalue weighted by Gasteiger charge is -2.46. The van der Waals surface area contributed by atoms with Gasteiger partial charge in [0.1, 0.15) is 18.2 Å². The van der Waals surface area contributed by atoms with Gasteiger partial charge in [0.15, 0.2) is 11.4 Å². The maximum Gasteiger partial charge on any atom is 0.262 e. The second kappa shape index (κ2) is 9.59. The quantitative estimate of drug-likeness (QED) is 0.448. The molecule has 3 aromatic rings. The summed E-state index contributed by atoms with van der Waals surface area (Å²) < 4.78 is 12.9. The van der Waals surface area contributed by atoms with Gasteiger partial charge in [0, 0.05) is 18.2 Å². The predicted octanol–water partition coefficient (Wildman–Crippen LogP) is 3.03. The molecule has 0 bridgehead atoms. The Hall–Kier alpha value is -3.56. The topological polar surface area (TPSA) is 125 Å². The lowest BCUT2D eigenvalue weighted by molar-refractivity contribution is -0.134. The molecule has 1 atom stereocenters. The van der Waals surface area contributed by atoms with Gasteiger partial charge in [-0.2, -0.15) is 5.10 Å². The summed E-state index contributed by atoms with van der Waals surface area (Å²) in [6, 6.07) is 13.3. The summed E-state index contributed by atoms with van der Waals surface area (Å²) >= 11 is 0. The van der Waals surface area contributed by atoms with Gasteiger partial charge in [-0.15, -0.1) is 0 Å². The molecule has 1 saturated carbocycles. The van der Waals surface area contributed by atoms with Crippen molar-refractivity contribution in [2.45, 2.75) is 56.9 Å². The fourth-order valence-corrected chi connectivity index (χ4v) is 5.03. The molecule has 1 amide bonds. The van der Waals surface area contributed by atoms with E-state index in [1.807, 2.05) is 47.4 Å². The van der Waals surface area contributed by atoms with Crippen molar-refractivity contribution in [1.82, 2.24) is 20.0 Å². The van der Waals surface area contributed by atoms with Crippen LogP contribution in [0.3, 0.4) is 0 Å². The number of nitrogens with zero attached hydrogens (tertiary/aromatic N) is 3. The first kappa shape index (κ1) is 23.2. The maximum absolute atomic E-state index is 13.8. The van der Waals surface area contributed by atoms with E-state index in [-0.39, 0.29) is 25.2 Å². The van der Waals surface area contributed by atoms with Gasteiger partial charge in [-0.05, 0) is 37.1 Å². The highest BCUT2D eigenvalue weighted by Crippen LogP contribution is 2.36. The summed E-state index contributed by atoms with van der Waals surface area (Å²) in [5.41, 5.74) is 14.1. The van der Waals surface area contributed by atoms with Crippen LogP contribution in [0.1, 0.15) is 43.4 Å². The number of carbonyl (C=O) groups excluding carboxylic acids is 1. The first-order valence-corrected chi connectivity index (χ1v) is 12.1. The van der Waals surface area contributed by atoms with E-state index in [2.05, 4.69) is 11.9 Å². The van der Waals surface area contributed by atoms with E-state index in [0.29, 0.717) is 29.4 Å². The van der Waals surface area contributed by atoms with E-state index in [1.54, 1.807) is 10.9 Å². The van der Waals surface area contributed by atoms with Crippen molar-refractivity contribution in [1.29, 1.82) is 0 Å². The average molecular weight is 477 g/mol. The lowest BCUT2D eigenvalue weighted by atomic mass is 9.94. The largest absolute Gasteiger partial charge is 0.478 e. The van der Waals surface area contributed by atoms with Crippen LogP contribution in [-0.2, 0) is 17.9 Å². The average Bonchev–Trinajstić information content (AvgIpc) is 3.54. The normalized spacial score (nSPS) is 20.5. The van der Waals surface area contributed by atoms with Gasteiger partial charge in [-0.1, -0.05) is 44.0 Å². The Labute approximate surface area is 204 Å². The van der Waals surface area contributed by atoms with Crippen LogP contribution in [0.5, 0.6) is 5.75 Å². The Morgan fingerprint density at radius 2 is 2.03 bits per heavy atom. The van der Waals surface area contributed by atoms with Crippen LogP contribution in [0.2, 0.25) is 0 Å². The molecule has 1 aliphatic carbocycles. The lowest BCUT2D eigenvalue weighted by Crippen LogP contribution is -2.69. The molecular weight excluding hydrogens is 444 g/mol. The van der Waals surface area contributed by atoms with Gasteiger partial charge in [0.2, 0.25) is 0 Å². The predicted molar refractivity (Wildman–Crippen MR) is 133 cm³/mol. The third-order valence-electron chi connectivity index (χ3n) is 6.92. The second-order valence-electron chi connectivity index (χ2n) is 9.23. The number of nitrogens with one attached hydrogen (secondary N) is 1. The summed E-state index contributed by atoms with van der Waals surface area (Å²) in [4.78, 5) is 15.6. The highest BCUT2D eigenvalue weighted by atomic mass is 16.5. The standard InChI is InChI=1S/C26H32N6O3/c1-18-22-14-21(24-12-7-13-34-24)30-32(22)16-26(28,25(33)29-20-9-3-2-4-10-20)31(18)15-19-8-5-6-11-23(19)35-17-27/h5-8,11-14,20H,1-4,9-10,15-17,27-28H2,(H,29,33). The molecule has 0 spiro atoms. The van der Waals surface area contributed by atoms with Crippen LogP contribution >= 0.6 is 0 Å². The third kappa shape index (κ3) is 4.44. The molecule has 9 nitrogen and oxygen atoms in total. The van der Waals surface area contributed by atoms with Crippen molar-refractivity contribution in [3.63, 3.8) is 0 Å². The molecular formula is C26H32N6O3. The first-order valence-electron chi connectivity index (χ1n) is 12.1. The number of carbonyl (C=O) groups is 1. The number of furan rings is 1. The minimum atomic E-state index is -1.40. The molecule has 35 heavy (non-hydrogen) atoms. The molecule has 2 aromatic heterocycles. The van der Waals surface area contributed by atoms with Gasteiger partial charge in [0.05, 0.1) is 24.2 Å². The fraction of sp³-hybridized carbons (Fsp3) is 0.385.